The topological polar surface area (TPSA) is 74.0 Å². The number of methoxy groups -OCH3 is 2. The number of hydrogen-bond acceptors (Lipinski definition) is 6. The van der Waals surface area contributed by atoms with E-state index in [-0.39, 0.29) is 0 Å². The molecule has 0 spiro atoms. The first-order valence-electron chi connectivity index (χ1n) is 25.3. The summed E-state index contributed by atoms with van der Waals surface area (Å²) < 4.78 is 305. The van der Waals surface area contributed by atoms with Crippen LogP contribution in [-0.2, 0) is 15.9 Å². The summed E-state index contributed by atoms with van der Waals surface area (Å²) in [6, 6.07) is -11.3. The van der Waals surface area contributed by atoms with Crippen molar-refractivity contribution in [3.63, 3.8) is 0 Å². The van der Waals surface area contributed by atoms with Gasteiger partial charge >= 0.3 is 5.97 Å². The largest absolute Gasteiger partial charge is 0.493 e. The molecule has 1 fully saturated rings. The van der Waals surface area contributed by atoms with Crippen molar-refractivity contribution in [2.75, 3.05) is 27.1 Å². The minimum Gasteiger partial charge on any atom is -0.493 e. The molecular formula is C24H38N2O4. The number of benzene rings is 1. The van der Waals surface area contributed by atoms with E-state index in [1.54, 1.807) is 0 Å². The third-order valence-corrected chi connectivity index (χ3v) is 3.90. The third kappa shape index (κ3) is 4.75. The summed E-state index contributed by atoms with van der Waals surface area (Å²) in [4.78, 5) is 13.7. The Hall–Kier alpha value is -1.79. The Morgan fingerprint density at radius 2 is 2.23 bits per heavy atom. The van der Waals surface area contributed by atoms with E-state index in [1.165, 1.54) is 0 Å². The maximum Gasteiger partial charge on any atom is 0.323 e. The molecule has 0 radical (unpaired) electrons. The average molecular weight is 454 g/mol. The number of fused-ring (bicyclic) bond motifs is 3. The van der Waals surface area contributed by atoms with Crippen LogP contribution in [0, 0.1) is 17.7 Å². The van der Waals surface area contributed by atoms with Crippen LogP contribution >= 0.6 is 0 Å². The highest BCUT2D eigenvalue weighted by Crippen LogP contribution is 2.44. The lowest BCUT2D eigenvalue weighted by atomic mass is 9.79. The number of nitrogens with two attached hydrogens (primary N) is 1. The number of nitrogens with zero attached hydrogens (tertiary/aromatic N) is 1. The molecule has 0 aromatic heterocycles. The van der Waals surface area contributed by atoms with Crippen LogP contribution in [0.5, 0.6) is 11.5 Å². The van der Waals surface area contributed by atoms with Gasteiger partial charge < -0.3 is 19.9 Å². The molecule has 0 saturated carbocycles. The number of carbonyl (C=O) groups is 1. The second kappa shape index (κ2) is 9.56. The van der Waals surface area contributed by atoms with E-state index in [0.29, 0.717) is 0 Å². The van der Waals surface area contributed by atoms with Crippen LogP contribution in [0.2, 0.25) is 2.82 Å². The van der Waals surface area contributed by atoms with E-state index >= 15 is 0 Å². The second-order valence-corrected chi connectivity index (χ2v) is 5.75. The summed E-state index contributed by atoms with van der Waals surface area (Å²) in [5.41, 5.74) is -4.44. The highest BCUT2D eigenvalue weighted by Gasteiger charge is 2.41. The summed E-state index contributed by atoms with van der Waals surface area (Å²) >= 11 is 0. The molecule has 3 unspecified atom stereocenters. The molecule has 2 N–H and O–H groups in total. The summed E-state index contributed by atoms with van der Waals surface area (Å²) in [5.74, 6) is -21.4. The summed E-state index contributed by atoms with van der Waals surface area (Å²) in [7, 11) is -7.48. The molecule has 4 atom stereocenters. The summed E-state index contributed by atoms with van der Waals surface area (Å²) in [5, 5.41) is 0. The van der Waals surface area contributed by atoms with Gasteiger partial charge in [0.15, 0.2) is 11.5 Å². The highest BCUT2D eigenvalue weighted by molar-refractivity contribution is 5.76. The van der Waals surface area contributed by atoms with Crippen molar-refractivity contribution in [2.24, 2.45) is 23.4 Å². The first-order valence-corrected chi connectivity index (χ1v) is 7.91. The van der Waals surface area contributed by atoms with E-state index in [0.717, 1.165) is 0 Å². The molecule has 1 aromatic rings. The zero-order chi connectivity index (χ0) is 52.1. The third-order valence-electron chi connectivity index (χ3n) is 3.90. The Morgan fingerprint density at radius 1 is 1.43 bits per heavy atom. The van der Waals surface area contributed by atoms with Crippen LogP contribution < -0.4 is 15.2 Å². The van der Waals surface area contributed by atoms with Gasteiger partial charge in [-0.3, -0.25) is 9.69 Å². The number of piperidine rings is 1. The standard InChI is InChI=1S/C24H38N2O4/c1-14(2)9-17-13-26-8-7-16-10-21(28-5)22(29-6)11-18(16)19(26)12-20(17)30-24(27)23(25)15(3)4/h10-11,14-15,17,19-20,23H,7-9,12-13,25H2,1-6H3/t17?,19?,20?,23-/m0/s1/i1D3,2D3,3D3,4D3,5D3,6D3,7D2,8D2,9D2,10D,11D,13D2,14D,15D,17D,20D,23D/hD2. The smallest absolute Gasteiger partial charge is 0.323 e. The normalized spacial score (nSPS) is 56.8. The van der Waals surface area contributed by atoms with Gasteiger partial charge in [0.1, 0.15) is 14.9 Å². The SMILES string of the molecule is [2H]c1c(OC([2H])([2H])[2H])c(OC([2H])([2H])[2H])c([2H])c2c1C1CC([2H])(OC(=O)[C@@]([2H])(N([2H])[2H])C([2H])(C([2H])([2H])[2H])C([2H])([2H])[2H])C([2H])(C([2H])([2H])C([2H])(C([2H])([2H])[2H])C([2H])([2H])[2H])C([2H])([2H])N1C([2H])([2H])C2([2H])[2H]. The number of rotatable bonds is 8. The molecule has 30 heavy (non-hydrogen) atoms. The Labute approximate surface area is 230 Å². The lowest BCUT2D eigenvalue weighted by molar-refractivity contribution is -0.160. The zero-order valence-electron chi connectivity index (χ0n) is 49.8. The molecule has 1 saturated heterocycles. The fourth-order valence-corrected chi connectivity index (χ4v) is 2.63. The van der Waals surface area contributed by atoms with Gasteiger partial charge in [-0.25, -0.2) is 0 Å². The van der Waals surface area contributed by atoms with Crippen molar-refractivity contribution in [1.82, 2.24) is 4.90 Å². The molecule has 1 aromatic carbocycles. The predicted molar refractivity (Wildman–Crippen MR) is 118 cm³/mol. The molecule has 2 aliphatic rings. The van der Waals surface area contributed by atoms with Crippen LogP contribution in [-0.4, -0.2) is 50.0 Å². The molecule has 0 aliphatic carbocycles. The molecule has 2 aliphatic heterocycles. The van der Waals surface area contributed by atoms with Crippen molar-refractivity contribution in [2.45, 2.75) is 64.7 Å². The number of ether oxygens (including phenoxy) is 3. The van der Waals surface area contributed by atoms with Crippen molar-refractivity contribution >= 4 is 5.97 Å². The minimum absolute atomic E-state index is 0.608. The predicted octanol–water partition coefficient (Wildman–Crippen LogP) is 3.56. The number of hydrogen-bond donors (Lipinski definition) is 1. The van der Waals surface area contributed by atoms with Gasteiger partial charge in [-0.1, -0.05) is 27.4 Å². The summed E-state index contributed by atoms with van der Waals surface area (Å²) in [6.45, 7) is -27.6. The van der Waals surface area contributed by atoms with Gasteiger partial charge in [-0.2, -0.15) is 0 Å². The van der Waals surface area contributed by atoms with E-state index in [4.69, 9.17) is 52.0 Å². The first-order chi connectivity index (χ1) is 28.0. The van der Waals surface area contributed by atoms with Crippen molar-refractivity contribution in [3.05, 3.63) is 23.2 Å². The van der Waals surface area contributed by atoms with E-state index in [9.17, 15) is 10.3 Å². The number of esters is 1. The van der Waals surface area contributed by atoms with Crippen LogP contribution in [0.15, 0.2) is 12.1 Å². The molecule has 6 heteroatoms. The lowest BCUT2D eigenvalue weighted by Crippen LogP contribution is -2.51. The van der Waals surface area contributed by atoms with Crippen molar-refractivity contribution in [3.8, 4) is 11.5 Å². The van der Waals surface area contributed by atoms with Crippen molar-refractivity contribution in [1.29, 1.82) is 0 Å². The van der Waals surface area contributed by atoms with Gasteiger partial charge in [-0.15, -0.1) is 0 Å². The van der Waals surface area contributed by atoms with Gasteiger partial charge in [-0.05, 0) is 47.7 Å². The van der Waals surface area contributed by atoms with E-state index < -0.39 is 161 Å². The first kappa shape index (κ1) is 4.91. The molecule has 3 rings (SSSR count). The molecular weight excluding hydrogens is 380 g/mol. The van der Waals surface area contributed by atoms with Gasteiger partial charge in [0, 0.05) is 62.9 Å². The fraction of sp³-hybridized carbons (Fsp3) is 0.708. The Kier molecular flexibility index (Phi) is 1.57. The minimum atomic E-state index is -5.23. The Morgan fingerprint density at radius 3 is 2.93 bits per heavy atom. The monoisotopic (exact) mass is 454 g/mol. The van der Waals surface area contributed by atoms with Gasteiger partial charge in [0.05, 0.1) is 27.8 Å². The maximum atomic E-state index is 14.3. The fourth-order valence-electron chi connectivity index (χ4n) is 2.63. The van der Waals surface area contributed by atoms with Crippen LogP contribution in [0.3, 0.4) is 0 Å². The molecule has 6 nitrogen and oxygen atoms in total. The second-order valence-electron chi connectivity index (χ2n) is 5.75. The Balaban J connectivity index is 2.82. The van der Waals surface area contributed by atoms with E-state index in [2.05, 4.69) is 4.74 Å². The van der Waals surface area contributed by atoms with Crippen LogP contribution in [0.25, 0.3) is 0 Å². The van der Waals surface area contributed by atoms with Crippen molar-refractivity contribution < 1.29 is 67.1 Å². The maximum absolute atomic E-state index is 14.3. The Bertz CT molecular complexity index is 2000. The van der Waals surface area contributed by atoms with E-state index in [1.807, 2.05) is 0 Å². The van der Waals surface area contributed by atoms with Crippen LogP contribution in [0.1, 0.15) is 103 Å². The average Bonchev–Trinajstić information content (AvgIpc) is 3.04. The quantitative estimate of drug-likeness (QED) is 0.607. The highest BCUT2D eigenvalue weighted by atomic mass is 16.5. The molecule has 2 heterocycles. The molecule has 168 valence electrons. The zero-order valence-corrected chi connectivity index (χ0v) is 14.8. The van der Waals surface area contributed by atoms with Gasteiger partial charge in [0.25, 0.3) is 0 Å². The van der Waals surface area contributed by atoms with Crippen LogP contribution in [0.4, 0.5) is 0 Å². The lowest BCUT2D eigenvalue weighted by Gasteiger charge is -2.47. The molecule has 0 bridgehead atoms. The van der Waals surface area contributed by atoms with Gasteiger partial charge in [0.2, 0.25) is 0 Å². The summed E-state index contributed by atoms with van der Waals surface area (Å²) in [6.07, 6.45) is -16.5. The number of carbonyl (C=O) groups excluding carboxylic acids is 1. The molecule has 0 amide bonds.